The van der Waals surface area contributed by atoms with Gasteiger partial charge in [0.15, 0.2) is 5.82 Å². The molecule has 0 amide bonds. The zero-order chi connectivity index (χ0) is 8.27. The summed E-state index contributed by atoms with van der Waals surface area (Å²) in [5.41, 5.74) is 0. The van der Waals surface area contributed by atoms with Gasteiger partial charge in [0.1, 0.15) is 6.54 Å². The normalized spacial score (nSPS) is 10.0. The topological polar surface area (TPSA) is 43.6 Å². The van der Waals surface area contributed by atoms with E-state index >= 15 is 0 Å². The first kappa shape index (κ1) is 7.73. The van der Waals surface area contributed by atoms with Crippen LogP contribution in [0.5, 0.6) is 0 Å². The lowest BCUT2D eigenvalue weighted by atomic mass is 10.2. The standard InChI is InChI=1S/C7H10N4/c1-4-5-11-7(6(2)3)8-9-10-11/h1,6H,5H2,2-3H3. The quantitative estimate of drug-likeness (QED) is 0.574. The Labute approximate surface area is 65.6 Å². The van der Waals surface area contributed by atoms with Gasteiger partial charge in [-0.3, -0.25) is 0 Å². The van der Waals surface area contributed by atoms with Gasteiger partial charge in [0.2, 0.25) is 0 Å². The Bertz CT molecular complexity index is 268. The monoisotopic (exact) mass is 150 g/mol. The maximum Gasteiger partial charge on any atom is 0.154 e. The molecule has 0 aliphatic heterocycles. The van der Waals surface area contributed by atoms with E-state index in [1.165, 1.54) is 0 Å². The summed E-state index contributed by atoms with van der Waals surface area (Å²) >= 11 is 0. The van der Waals surface area contributed by atoms with Crippen LogP contribution in [0, 0.1) is 12.3 Å². The number of hydrogen-bond donors (Lipinski definition) is 0. The van der Waals surface area contributed by atoms with E-state index in [1.54, 1.807) is 4.68 Å². The molecule has 1 aromatic heterocycles. The Balaban J connectivity index is 2.89. The third kappa shape index (κ3) is 1.55. The Kier molecular flexibility index (Phi) is 2.21. The molecule has 11 heavy (non-hydrogen) atoms. The minimum Gasteiger partial charge on any atom is -0.217 e. The molecule has 0 N–H and O–H groups in total. The van der Waals surface area contributed by atoms with Crippen LogP contribution in [-0.4, -0.2) is 20.2 Å². The third-order valence-electron chi connectivity index (χ3n) is 1.32. The van der Waals surface area contributed by atoms with Gasteiger partial charge in [0.25, 0.3) is 0 Å². The number of aromatic nitrogens is 4. The summed E-state index contributed by atoms with van der Waals surface area (Å²) in [5.74, 6) is 3.64. The molecule has 0 aromatic carbocycles. The molecule has 0 spiro atoms. The first-order chi connectivity index (χ1) is 5.25. The Morgan fingerprint density at radius 3 is 2.91 bits per heavy atom. The highest BCUT2D eigenvalue weighted by Crippen LogP contribution is 2.07. The molecule has 4 nitrogen and oxygen atoms in total. The molecule has 0 fully saturated rings. The van der Waals surface area contributed by atoms with Crippen molar-refractivity contribution in [3.05, 3.63) is 5.82 Å². The van der Waals surface area contributed by atoms with E-state index in [0.717, 1.165) is 5.82 Å². The summed E-state index contributed by atoms with van der Waals surface area (Å²) < 4.78 is 1.63. The van der Waals surface area contributed by atoms with E-state index in [-0.39, 0.29) is 0 Å². The molecule has 1 rings (SSSR count). The summed E-state index contributed by atoms with van der Waals surface area (Å²) in [4.78, 5) is 0. The van der Waals surface area contributed by atoms with Gasteiger partial charge in [0.05, 0.1) is 0 Å². The number of terminal acetylenes is 1. The molecular weight excluding hydrogens is 140 g/mol. The fourth-order valence-corrected chi connectivity index (χ4v) is 0.824. The van der Waals surface area contributed by atoms with Gasteiger partial charge < -0.3 is 0 Å². The molecular formula is C7H10N4. The Morgan fingerprint density at radius 1 is 1.64 bits per heavy atom. The van der Waals surface area contributed by atoms with Crippen molar-refractivity contribution in [2.24, 2.45) is 0 Å². The van der Waals surface area contributed by atoms with Crippen LogP contribution in [0.2, 0.25) is 0 Å². The van der Waals surface area contributed by atoms with Crippen molar-refractivity contribution in [1.29, 1.82) is 0 Å². The summed E-state index contributed by atoms with van der Waals surface area (Å²) in [6.45, 7) is 4.50. The fraction of sp³-hybridized carbons (Fsp3) is 0.571. The van der Waals surface area contributed by atoms with E-state index in [4.69, 9.17) is 6.42 Å². The minimum absolute atomic E-state index is 0.318. The van der Waals surface area contributed by atoms with Crippen molar-refractivity contribution in [2.75, 3.05) is 0 Å². The molecule has 1 aromatic rings. The lowest BCUT2D eigenvalue weighted by Crippen LogP contribution is -2.05. The molecule has 0 bridgehead atoms. The molecule has 1 heterocycles. The third-order valence-corrected chi connectivity index (χ3v) is 1.32. The lowest BCUT2D eigenvalue weighted by Gasteiger charge is -2.01. The van der Waals surface area contributed by atoms with Crippen LogP contribution >= 0.6 is 0 Å². The van der Waals surface area contributed by atoms with Crippen LogP contribution in [0.15, 0.2) is 0 Å². The summed E-state index contributed by atoms with van der Waals surface area (Å²) in [5, 5.41) is 11.1. The van der Waals surface area contributed by atoms with Crippen molar-refractivity contribution < 1.29 is 0 Å². The number of rotatable bonds is 2. The number of tetrazole rings is 1. The zero-order valence-electron chi connectivity index (χ0n) is 6.65. The first-order valence-corrected chi connectivity index (χ1v) is 3.45. The predicted molar refractivity (Wildman–Crippen MR) is 40.7 cm³/mol. The molecule has 58 valence electrons. The molecule has 0 aliphatic carbocycles. The van der Waals surface area contributed by atoms with E-state index in [2.05, 4.69) is 21.4 Å². The highest BCUT2D eigenvalue weighted by molar-refractivity contribution is 4.93. The SMILES string of the molecule is C#CCn1nnnc1C(C)C. The molecule has 0 unspecified atom stereocenters. The van der Waals surface area contributed by atoms with E-state index in [0.29, 0.717) is 12.5 Å². The van der Waals surface area contributed by atoms with Gasteiger partial charge >= 0.3 is 0 Å². The lowest BCUT2D eigenvalue weighted by molar-refractivity contribution is 0.613. The smallest absolute Gasteiger partial charge is 0.154 e. The molecule has 4 heteroatoms. The number of hydrogen-bond acceptors (Lipinski definition) is 3. The van der Waals surface area contributed by atoms with E-state index < -0.39 is 0 Å². The van der Waals surface area contributed by atoms with Crippen molar-refractivity contribution in [1.82, 2.24) is 20.2 Å². The maximum atomic E-state index is 5.12. The first-order valence-electron chi connectivity index (χ1n) is 3.45. The number of nitrogens with zero attached hydrogens (tertiary/aromatic N) is 4. The van der Waals surface area contributed by atoms with Gasteiger partial charge in [-0.15, -0.1) is 11.5 Å². The largest absolute Gasteiger partial charge is 0.217 e. The van der Waals surface area contributed by atoms with E-state index in [9.17, 15) is 0 Å². The summed E-state index contributed by atoms with van der Waals surface area (Å²) in [6, 6.07) is 0. The Hall–Kier alpha value is -1.37. The average Bonchev–Trinajstić information content (AvgIpc) is 2.36. The zero-order valence-corrected chi connectivity index (χ0v) is 6.65. The molecule has 0 radical (unpaired) electrons. The summed E-state index contributed by atoms with van der Waals surface area (Å²) in [6.07, 6.45) is 5.12. The molecule has 0 saturated heterocycles. The van der Waals surface area contributed by atoms with Crippen LogP contribution < -0.4 is 0 Å². The minimum atomic E-state index is 0.318. The van der Waals surface area contributed by atoms with Gasteiger partial charge in [-0.2, -0.15) is 0 Å². The van der Waals surface area contributed by atoms with Crippen LogP contribution in [0.25, 0.3) is 0 Å². The van der Waals surface area contributed by atoms with E-state index in [1.807, 2.05) is 13.8 Å². The Morgan fingerprint density at radius 2 is 2.36 bits per heavy atom. The van der Waals surface area contributed by atoms with Crippen LogP contribution in [-0.2, 0) is 6.54 Å². The maximum absolute atomic E-state index is 5.12. The van der Waals surface area contributed by atoms with Crippen molar-refractivity contribution in [3.8, 4) is 12.3 Å². The van der Waals surface area contributed by atoms with Crippen molar-refractivity contribution in [2.45, 2.75) is 26.3 Å². The molecule has 0 saturated carbocycles. The predicted octanol–water partition coefficient (Wildman–Crippen LogP) is 0.430. The summed E-state index contributed by atoms with van der Waals surface area (Å²) in [7, 11) is 0. The van der Waals surface area contributed by atoms with Gasteiger partial charge in [-0.05, 0) is 10.4 Å². The van der Waals surface area contributed by atoms with Crippen molar-refractivity contribution in [3.63, 3.8) is 0 Å². The fourth-order valence-electron chi connectivity index (χ4n) is 0.824. The van der Waals surface area contributed by atoms with Gasteiger partial charge in [-0.25, -0.2) is 4.68 Å². The van der Waals surface area contributed by atoms with Gasteiger partial charge in [-0.1, -0.05) is 19.8 Å². The van der Waals surface area contributed by atoms with Crippen LogP contribution in [0.4, 0.5) is 0 Å². The van der Waals surface area contributed by atoms with Crippen LogP contribution in [0.1, 0.15) is 25.6 Å². The van der Waals surface area contributed by atoms with Crippen molar-refractivity contribution >= 4 is 0 Å². The second kappa shape index (κ2) is 3.15. The molecule has 0 atom stereocenters. The molecule has 0 aliphatic rings. The highest BCUT2D eigenvalue weighted by atomic mass is 15.5. The second-order valence-electron chi connectivity index (χ2n) is 2.55. The van der Waals surface area contributed by atoms with Gasteiger partial charge in [0, 0.05) is 5.92 Å². The second-order valence-corrected chi connectivity index (χ2v) is 2.55. The highest BCUT2D eigenvalue weighted by Gasteiger charge is 2.07. The average molecular weight is 150 g/mol. The van der Waals surface area contributed by atoms with Crippen LogP contribution in [0.3, 0.4) is 0 Å².